The van der Waals surface area contributed by atoms with Crippen LogP contribution in [0, 0.1) is 5.82 Å². The van der Waals surface area contributed by atoms with E-state index < -0.39 is 17.0 Å². The van der Waals surface area contributed by atoms with Crippen LogP contribution in [-0.2, 0) is 11.2 Å². The molecule has 0 radical (unpaired) electrons. The summed E-state index contributed by atoms with van der Waals surface area (Å²) in [6.07, 6.45) is 1.49. The zero-order chi connectivity index (χ0) is 8.43. The first-order valence-electron chi connectivity index (χ1n) is 2.99. The standard InChI is InChI=1S/C7H8FNOS/c1-11(10)5-2-3-7(9)6(8)4-5/h2-4H,9H2,1H3. The fourth-order valence-electron chi connectivity index (χ4n) is 0.687. The van der Waals surface area contributed by atoms with E-state index in [0.717, 1.165) is 0 Å². The third kappa shape index (κ3) is 1.85. The fourth-order valence-corrected chi connectivity index (χ4v) is 1.22. The average Bonchev–Trinajstić information content (AvgIpc) is 1.94. The quantitative estimate of drug-likeness (QED) is 0.511. The van der Waals surface area contributed by atoms with E-state index in [9.17, 15) is 8.94 Å². The molecule has 0 heterocycles. The van der Waals surface area contributed by atoms with Crippen LogP contribution in [0.3, 0.4) is 0 Å². The Morgan fingerprint density at radius 2 is 2.18 bits per heavy atom. The van der Waals surface area contributed by atoms with Crippen molar-refractivity contribution in [3.05, 3.63) is 24.0 Å². The minimum absolute atomic E-state index is 0.0826. The van der Waals surface area contributed by atoms with Gasteiger partial charge in [0.25, 0.3) is 0 Å². The summed E-state index contributed by atoms with van der Waals surface area (Å²) in [6, 6.07) is 4.14. The van der Waals surface area contributed by atoms with Crippen molar-refractivity contribution in [1.29, 1.82) is 0 Å². The van der Waals surface area contributed by atoms with Crippen LogP contribution < -0.4 is 5.73 Å². The molecule has 1 atom stereocenters. The maximum Gasteiger partial charge on any atom is 0.155 e. The van der Waals surface area contributed by atoms with Crippen molar-refractivity contribution in [3.63, 3.8) is 0 Å². The second-order valence-electron chi connectivity index (χ2n) is 2.14. The van der Waals surface area contributed by atoms with Gasteiger partial charge in [-0.25, -0.2) is 4.39 Å². The summed E-state index contributed by atoms with van der Waals surface area (Å²) in [4.78, 5) is 0.455. The van der Waals surface area contributed by atoms with Crippen LogP contribution in [0.1, 0.15) is 0 Å². The van der Waals surface area contributed by atoms with Gasteiger partial charge in [-0.1, -0.05) is 0 Å². The molecule has 0 fully saturated rings. The third-order valence-corrected chi connectivity index (χ3v) is 2.22. The lowest BCUT2D eigenvalue weighted by Gasteiger charge is -2.04. The molecule has 0 spiro atoms. The molecular formula is C7H8FNOS. The van der Waals surface area contributed by atoms with Crippen LogP contribution in [0.5, 0.6) is 0 Å². The van der Waals surface area contributed by atoms with E-state index in [1.54, 1.807) is 6.07 Å². The molecule has 60 valence electrons. The zero-order valence-corrected chi connectivity index (χ0v) is 6.82. The fraction of sp³-hybridized carbons (Fsp3) is 0.143. The van der Waals surface area contributed by atoms with Gasteiger partial charge in [0.1, 0.15) is 6.26 Å². The van der Waals surface area contributed by atoms with Crippen LogP contribution in [-0.4, -0.2) is 10.8 Å². The molecular weight excluding hydrogens is 165 g/mol. The van der Waals surface area contributed by atoms with Crippen molar-refractivity contribution in [1.82, 2.24) is 0 Å². The predicted octanol–water partition coefficient (Wildman–Crippen LogP) is 1.15. The Labute approximate surface area is 67.4 Å². The Balaban J connectivity index is 3.05. The van der Waals surface area contributed by atoms with E-state index in [1.807, 2.05) is 0 Å². The molecule has 1 rings (SSSR count). The van der Waals surface area contributed by atoms with Gasteiger partial charge in [-0.2, -0.15) is 0 Å². The molecule has 1 aromatic rings. The predicted molar refractivity (Wildman–Crippen MR) is 43.1 cm³/mol. The molecule has 0 aliphatic rings. The van der Waals surface area contributed by atoms with Crippen LogP contribution in [0.15, 0.2) is 23.1 Å². The van der Waals surface area contributed by atoms with Crippen molar-refractivity contribution in [3.8, 4) is 0 Å². The maximum atomic E-state index is 12.7. The van der Waals surface area contributed by atoms with Gasteiger partial charge in [0, 0.05) is 6.07 Å². The van der Waals surface area contributed by atoms with Gasteiger partial charge in [-0.15, -0.1) is 0 Å². The minimum atomic E-state index is -1.14. The summed E-state index contributed by atoms with van der Waals surface area (Å²) in [5, 5.41) is 0. The maximum absolute atomic E-state index is 12.7. The lowest BCUT2D eigenvalue weighted by atomic mass is 10.3. The summed E-state index contributed by atoms with van der Waals surface area (Å²) in [5.41, 5.74) is 5.30. The number of benzene rings is 1. The largest absolute Gasteiger partial charge is 0.612 e. The Morgan fingerprint density at radius 3 is 2.64 bits per heavy atom. The van der Waals surface area contributed by atoms with E-state index in [0.29, 0.717) is 4.90 Å². The van der Waals surface area contributed by atoms with Gasteiger partial charge < -0.3 is 10.3 Å². The molecule has 1 unspecified atom stereocenters. The number of hydrogen-bond donors (Lipinski definition) is 1. The number of nitrogen functional groups attached to an aromatic ring is 1. The molecule has 11 heavy (non-hydrogen) atoms. The Kier molecular flexibility index (Phi) is 2.36. The summed E-state index contributed by atoms with van der Waals surface area (Å²) < 4.78 is 23.5. The van der Waals surface area contributed by atoms with E-state index in [-0.39, 0.29) is 5.69 Å². The molecule has 0 aliphatic carbocycles. The molecule has 0 aromatic heterocycles. The lowest BCUT2D eigenvalue weighted by molar-refractivity contribution is 0.596. The van der Waals surface area contributed by atoms with Crippen molar-refractivity contribution in [2.45, 2.75) is 4.90 Å². The van der Waals surface area contributed by atoms with E-state index in [1.165, 1.54) is 18.4 Å². The van der Waals surface area contributed by atoms with Crippen LogP contribution in [0.2, 0.25) is 0 Å². The molecule has 0 aliphatic heterocycles. The summed E-state index contributed by atoms with van der Waals surface area (Å²) in [7, 11) is 0. The van der Waals surface area contributed by atoms with Crippen molar-refractivity contribution in [2.24, 2.45) is 0 Å². The SMILES string of the molecule is C[S+]([O-])c1ccc(N)c(F)c1. The molecule has 2 N–H and O–H groups in total. The van der Waals surface area contributed by atoms with Crippen molar-refractivity contribution >= 4 is 16.9 Å². The molecule has 1 aromatic carbocycles. The molecule has 0 amide bonds. The highest BCUT2D eigenvalue weighted by molar-refractivity contribution is 7.90. The van der Waals surface area contributed by atoms with Gasteiger partial charge in [0.15, 0.2) is 10.7 Å². The van der Waals surface area contributed by atoms with Gasteiger partial charge >= 0.3 is 0 Å². The number of anilines is 1. The number of halogens is 1. The molecule has 0 saturated heterocycles. The van der Waals surface area contributed by atoms with Crippen LogP contribution in [0.4, 0.5) is 10.1 Å². The molecule has 4 heteroatoms. The Hall–Kier alpha value is -0.740. The Morgan fingerprint density at radius 1 is 1.55 bits per heavy atom. The Bertz CT molecular complexity index is 265. The topological polar surface area (TPSA) is 49.1 Å². The zero-order valence-electron chi connectivity index (χ0n) is 6.00. The van der Waals surface area contributed by atoms with Gasteiger partial charge in [0.2, 0.25) is 0 Å². The average molecular weight is 173 g/mol. The van der Waals surface area contributed by atoms with Crippen molar-refractivity contribution in [2.75, 3.05) is 12.0 Å². The third-order valence-electron chi connectivity index (χ3n) is 1.30. The van der Waals surface area contributed by atoms with E-state index in [2.05, 4.69) is 0 Å². The normalized spacial score (nSPS) is 13.0. The molecule has 0 saturated carbocycles. The molecule has 0 bridgehead atoms. The lowest BCUT2D eigenvalue weighted by Crippen LogP contribution is -1.99. The van der Waals surface area contributed by atoms with Crippen LogP contribution >= 0.6 is 0 Å². The van der Waals surface area contributed by atoms with Gasteiger partial charge in [-0.05, 0) is 23.3 Å². The first-order chi connectivity index (χ1) is 5.11. The van der Waals surface area contributed by atoms with Gasteiger partial charge in [-0.3, -0.25) is 0 Å². The summed E-state index contributed by atoms with van der Waals surface area (Å²) >= 11 is -1.14. The molecule has 2 nitrogen and oxygen atoms in total. The highest BCUT2D eigenvalue weighted by atomic mass is 32.2. The van der Waals surface area contributed by atoms with Crippen molar-refractivity contribution < 1.29 is 8.94 Å². The first-order valence-corrected chi connectivity index (χ1v) is 4.55. The number of rotatable bonds is 1. The monoisotopic (exact) mass is 173 g/mol. The van der Waals surface area contributed by atoms with Crippen LogP contribution in [0.25, 0.3) is 0 Å². The highest BCUT2D eigenvalue weighted by Gasteiger charge is 2.06. The van der Waals surface area contributed by atoms with E-state index >= 15 is 0 Å². The number of nitrogens with two attached hydrogens (primary N) is 1. The second kappa shape index (κ2) is 3.11. The second-order valence-corrected chi connectivity index (χ2v) is 3.52. The van der Waals surface area contributed by atoms with Gasteiger partial charge in [0.05, 0.1) is 5.69 Å². The van der Waals surface area contributed by atoms with E-state index in [4.69, 9.17) is 5.73 Å². The minimum Gasteiger partial charge on any atom is -0.612 e. The highest BCUT2D eigenvalue weighted by Crippen LogP contribution is 2.15. The summed E-state index contributed by atoms with van der Waals surface area (Å²) in [6.45, 7) is 0. The smallest absolute Gasteiger partial charge is 0.155 e. The summed E-state index contributed by atoms with van der Waals surface area (Å²) in [5.74, 6) is -0.516. The first kappa shape index (κ1) is 8.36. The number of hydrogen-bond acceptors (Lipinski definition) is 2.